The molecule has 0 heterocycles. The summed E-state index contributed by atoms with van der Waals surface area (Å²) in [5.41, 5.74) is 1.24. The zero-order valence-electron chi connectivity index (χ0n) is 19.9. The molecule has 0 spiro atoms. The minimum Gasteiger partial charge on any atom is -0.497 e. The van der Waals surface area contributed by atoms with Gasteiger partial charge in [0.05, 0.1) is 30.3 Å². The predicted molar refractivity (Wildman–Crippen MR) is 138 cm³/mol. The smallest absolute Gasteiger partial charge is 0.264 e. The van der Waals surface area contributed by atoms with Crippen molar-refractivity contribution < 1.29 is 22.7 Å². The van der Waals surface area contributed by atoms with Crippen LogP contribution in [0.2, 0.25) is 5.02 Å². The summed E-state index contributed by atoms with van der Waals surface area (Å²) in [5.74, 6) is 0.889. The van der Waals surface area contributed by atoms with Gasteiger partial charge in [0.15, 0.2) is 0 Å². The number of methoxy groups -OCH3 is 1. The second-order valence-electron chi connectivity index (χ2n) is 7.69. The van der Waals surface area contributed by atoms with Crippen LogP contribution in [0.5, 0.6) is 11.5 Å². The largest absolute Gasteiger partial charge is 0.497 e. The quantitative estimate of drug-likeness (QED) is 0.378. The highest BCUT2D eigenvalue weighted by Crippen LogP contribution is 2.27. The molecule has 9 heteroatoms. The fourth-order valence-electron chi connectivity index (χ4n) is 3.55. The van der Waals surface area contributed by atoms with Crippen molar-refractivity contribution >= 4 is 33.2 Å². The zero-order valence-corrected chi connectivity index (χ0v) is 21.5. The summed E-state index contributed by atoms with van der Waals surface area (Å²) in [6.07, 6.45) is 0.630. The van der Waals surface area contributed by atoms with Crippen LogP contribution in [0, 0.1) is 0 Å². The van der Waals surface area contributed by atoms with Crippen LogP contribution in [0.4, 0.5) is 5.69 Å². The van der Waals surface area contributed by atoms with Gasteiger partial charge < -0.3 is 14.8 Å². The number of ether oxygens (including phenoxy) is 2. The standard InChI is InChI=1S/C26H29ClN2O5S/c1-4-25(19-6-12-22(33-3)13-7-19)28-26(30)18-29(21-10-14-23(15-11-21)34-5-2)35(31,32)24-16-8-20(27)9-17-24/h6-17,25H,4-5,18H2,1-3H3,(H,28,30)/t25-/m1/s1. The van der Waals surface area contributed by atoms with Crippen molar-refractivity contribution in [2.75, 3.05) is 24.6 Å². The molecule has 1 N–H and O–H groups in total. The van der Waals surface area contributed by atoms with E-state index in [0.717, 1.165) is 9.87 Å². The lowest BCUT2D eigenvalue weighted by Gasteiger charge is -2.26. The number of carbonyl (C=O) groups is 1. The Morgan fingerprint density at radius 2 is 1.54 bits per heavy atom. The van der Waals surface area contributed by atoms with Crippen molar-refractivity contribution in [1.29, 1.82) is 0 Å². The van der Waals surface area contributed by atoms with Gasteiger partial charge in [0, 0.05) is 5.02 Å². The number of halogens is 1. The van der Waals surface area contributed by atoms with Gasteiger partial charge in [-0.05, 0) is 79.6 Å². The molecule has 35 heavy (non-hydrogen) atoms. The highest BCUT2D eigenvalue weighted by Gasteiger charge is 2.28. The highest BCUT2D eigenvalue weighted by molar-refractivity contribution is 7.92. The number of amides is 1. The van der Waals surface area contributed by atoms with E-state index in [1.807, 2.05) is 38.1 Å². The van der Waals surface area contributed by atoms with Crippen molar-refractivity contribution in [2.45, 2.75) is 31.2 Å². The van der Waals surface area contributed by atoms with Gasteiger partial charge in [-0.3, -0.25) is 9.10 Å². The molecule has 0 aliphatic carbocycles. The molecule has 0 bridgehead atoms. The van der Waals surface area contributed by atoms with E-state index in [1.165, 1.54) is 24.3 Å². The molecule has 186 valence electrons. The molecule has 3 rings (SSSR count). The first kappa shape index (κ1) is 26.4. The van der Waals surface area contributed by atoms with E-state index in [1.54, 1.807) is 31.4 Å². The van der Waals surface area contributed by atoms with Crippen LogP contribution < -0.4 is 19.1 Å². The Bertz CT molecular complexity index is 1210. The zero-order chi connectivity index (χ0) is 25.4. The molecule has 0 unspecified atom stereocenters. The molecular weight excluding hydrogens is 488 g/mol. The van der Waals surface area contributed by atoms with E-state index in [9.17, 15) is 13.2 Å². The summed E-state index contributed by atoms with van der Waals surface area (Å²) in [5, 5.41) is 3.37. The first-order valence-electron chi connectivity index (χ1n) is 11.2. The first-order chi connectivity index (χ1) is 16.8. The topological polar surface area (TPSA) is 84.9 Å². The maximum atomic E-state index is 13.5. The fraction of sp³-hybridized carbons (Fsp3) is 0.269. The average molecular weight is 517 g/mol. The molecule has 0 fully saturated rings. The van der Waals surface area contributed by atoms with E-state index >= 15 is 0 Å². The van der Waals surface area contributed by atoms with Crippen LogP contribution in [0.1, 0.15) is 31.9 Å². The Kier molecular flexibility index (Phi) is 9.01. The molecule has 0 saturated carbocycles. The number of sulfonamides is 1. The fourth-order valence-corrected chi connectivity index (χ4v) is 5.10. The van der Waals surface area contributed by atoms with Crippen LogP contribution in [0.25, 0.3) is 0 Å². The van der Waals surface area contributed by atoms with Gasteiger partial charge in [-0.2, -0.15) is 0 Å². The van der Waals surface area contributed by atoms with Crippen molar-refractivity contribution in [3.8, 4) is 11.5 Å². The van der Waals surface area contributed by atoms with Crippen molar-refractivity contribution in [2.24, 2.45) is 0 Å². The van der Waals surface area contributed by atoms with Gasteiger partial charge in [0.2, 0.25) is 5.91 Å². The molecule has 3 aromatic carbocycles. The van der Waals surface area contributed by atoms with Crippen molar-refractivity contribution in [3.05, 3.63) is 83.4 Å². The Morgan fingerprint density at radius 3 is 2.09 bits per heavy atom. The number of carbonyl (C=O) groups excluding carboxylic acids is 1. The summed E-state index contributed by atoms with van der Waals surface area (Å²) in [6, 6.07) is 19.5. The second kappa shape index (κ2) is 12.0. The van der Waals surface area contributed by atoms with Crippen molar-refractivity contribution in [1.82, 2.24) is 5.32 Å². The number of hydrogen-bond acceptors (Lipinski definition) is 5. The molecule has 1 atom stereocenters. The van der Waals surface area contributed by atoms with Crippen LogP contribution >= 0.6 is 11.6 Å². The molecule has 0 aromatic heterocycles. The second-order valence-corrected chi connectivity index (χ2v) is 9.99. The Balaban J connectivity index is 1.89. The Morgan fingerprint density at radius 1 is 0.943 bits per heavy atom. The summed E-state index contributed by atoms with van der Waals surface area (Å²) in [4.78, 5) is 13.1. The van der Waals surface area contributed by atoms with Crippen LogP contribution in [-0.2, 0) is 14.8 Å². The summed E-state index contributed by atoms with van der Waals surface area (Å²) < 4.78 is 38.8. The maximum Gasteiger partial charge on any atom is 0.264 e. The van der Waals surface area contributed by atoms with Gasteiger partial charge in [-0.15, -0.1) is 0 Å². The third-order valence-electron chi connectivity index (χ3n) is 5.39. The first-order valence-corrected chi connectivity index (χ1v) is 13.0. The lowest BCUT2D eigenvalue weighted by molar-refractivity contribution is -0.120. The molecular formula is C26H29ClN2O5S. The normalized spacial score (nSPS) is 12.0. The van der Waals surface area contributed by atoms with Gasteiger partial charge in [0.1, 0.15) is 18.0 Å². The number of nitrogens with one attached hydrogen (secondary N) is 1. The minimum absolute atomic E-state index is 0.0331. The SMILES string of the molecule is CCOc1ccc(N(CC(=O)N[C@H](CC)c2ccc(OC)cc2)S(=O)(=O)c2ccc(Cl)cc2)cc1. The molecule has 0 aliphatic rings. The molecule has 3 aromatic rings. The number of benzene rings is 3. The van der Waals surface area contributed by atoms with Crippen LogP contribution in [-0.4, -0.2) is 34.6 Å². The Labute approximate surface area is 211 Å². The number of anilines is 1. The minimum atomic E-state index is -4.05. The number of nitrogens with zero attached hydrogens (tertiary/aromatic N) is 1. The number of rotatable bonds is 11. The third kappa shape index (κ3) is 6.68. The molecule has 0 saturated heterocycles. The summed E-state index contributed by atoms with van der Waals surface area (Å²) in [6.45, 7) is 3.90. The average Bonchev–Trinajstić information content (AvgIpc) is 2.87. The van der Waals surface area contributed by atoms with E-state index in [2.05, 4.69) is 5.32 Å². The van der Waals surface area contributed by atoms with Gasteiger partial charge >= 0.3 is 0 Å². The lowest BCUT2D eigenvalue weighted by Crippen LogP contribution is -2.42. The third-order valence-corrected chi connectivity index (χ3v) is 7.43. The summed E-state index contributed by atoms with van der Waals surface area (Å²) >= 11 is 5.95. The number of hydrogen-bond donors (Lipinski definition) is 1. The lowest BCUT2D eigenvalue weighted by atomic mass is 10.0. The highest BCUT2D eigenvalue weighted by atomic mass is 35.5. The predicted octanol–water partition coefficient (Wildman–Crippen LogP) is 5.21. The van der Waals surface area contributed by atoms with Crippen LogP contribution in [0.3, 0.4) is 0 Å². The molecule has 7 nitrogen and oxygen atoms in total. The van der Waals surface area contributed by atoms with E-state index < -0.39 is 22.5 Å². The van der Waals surface area contributed by atoms with Crippen molar-refractivity contribution in [3.63, 3.8) is 0 Å². The van der Waals surface area contributed by atoms with Gasteiger partial charge in [-0.1, -0.05) is 30.7 Å². The van der Waals surface area contributed by atoms with Crippen LogP contribution in [0.15, 0.2) is 77.7 Å². The maximum absolute atomic E-state index is 13.5. The molecule has 0 aliphatic heterocycles. The molecule has 0 radical (unpaired) electrons. The van der Waals surface area contributed by atoms with E-state index in [0.29, 0.717) is 35.2 Å². The monoisotopic (exact) mass is 516 g/mol. The van der Waals surface area contributed by atoms with Gasteiger partial charge in [0.25, 0.3) is 10.0 Å². The van der Waals surface area contributed by atoms with Gasteiger partial charge in [-0.25, -0.2) is 8.42 Å². The van der Waals surface area contributed by atoms with E-state index in [4.69, 9.17) is 21.1 Å². The summed E-state index contributed by atoms with van der Waals surface area (Å²) in [7, 11) is -2.46. The Hall–Kier alpha value is -3.23. The van der Waals surface area contributed by atoms with E-state index in [-0.39, 0.29) is 10.9 Å². The molecule has 1 amide bonds.